The van der Waals surface area contributed by atoms with Crippen LogP contribution in [0.1, 0.15) is 30.6 Å². The van der Waals surface area contributed by atoms with Gasteiger partial charge in [-0.25, -0.2) is 0 Å². The van der Waals surface area contributed by atoms with E-state index in [0.717, 1.165) is 4.47 Å². The van der Waals surface area contributed by atoms with Gasteiger partial charge in [-0.1, -0.05) is 28.9 Å². The molecule has 0 saturated carbocycles. The van der Waals surface area contributed by atoms with Crippen molar-refractivity contribution < 1.29 is 14.3 Å². The monoisotopic (exact) mass is 449 g/mol. The molecule has 3 N–H and O–H groups in total. The molecular weight excluding hydrogens is 430 g/mol. The van der Waals surface area contributed by atoms with Crippen LogP contribution in [-0.2, 0) is 4.79 Å². The van der Waals surface area contributed by atoms with E-state index < -0.39 is 0 Å². The number of ether oxygens (including phenoxy) is 1. The first-order valence-electron chi connectivity index (χ1n) is 8.37. The SMILES string of the molecule is CCOc1ccc(Br)cc1C(=O)NC(=S)Nc1cccc(NC(=O)CC)c1. The number of amides is 2. The molecule has 2 rings (SSSR count). The Morgan fingerprint density at radius 2 is 1.78 bits per heavy atom. The van der Waals surface area contributed by atoms with Crippen LogP contribution in [0.4, 0.5) is 11.4 Å². The number of hydrogen-bond acceptors (Lipinski definition) is 4. The minimum atomic E-state index is -0.382. The van der Waals surface area contributed by atoms with Crippen LogP contribution in [0.15, 0.2) is 46.9 Å². The summed E-state index contributed by atoms with van der Waals surface area (Å²) in [5.74, 6) is 0.0131. The van der Waals surface area contributed by atoms with Gasteiger partial charge >= 0.3 is 0 Å². The Labute approximate surface area is 171 Å². The van der Waals surface area contributed by atoms with Crippen molar-refractivity contribution in [1.82, 2.24) is 5.32 Å². The summed E-state index contributed by atoms with van der Waals surface area (Å²) in [5, 5.41) is 8.48. The van der Waals surface area contributed by atoms with Crippen molar-refractivity contribution in [1.29, 1.82) is 0 Å². The molecule has 0 fully saturated rings. The zero-order chi connectivity index (χ0) is 19.8. The number of anilines is 2. The number of thiocarbonyl (C=S) groups is 1. The van der Waals surface area contributed by atoms with E-state index >= 15 is 0 Å². The second kappa shape index (κ2) is 10.0. The lowest BCUT2D eigenvalue weighted by Gasteiger charge is -2.13. The molecule has 0 radical (unpaired) electrons. The van der Waals surface area contributed by atoms with Crippen molar-refractivity contribution in [2.45, 2.75) is 20.3 Å². The standard InChI is InChI=1S/C19H20BrN3O3S/c1-3-17(24)21-13-6-5-7-14(11-13)22-19(27)23-18(25)15-10-12(20)8-9-16(15)26-4-2/h5-11H,3-4H2,1-2H3,(H,21,24)(H2,22,23,25,27). The maximum absolute atomic E-state index is 12.5. The molecule has 0 saturated heterocycles. The van der Waals surface area contributed by atoms with E-state index in [0.29, 0.717) is 35.7 Å². The molecule has 0 atom stereocenters. The van der Waals surface area contributed by atoms with E-state index in [9.17, 15) is 9.59 Å². The van der Waals surface area contributed by atoms with Gasteiger partial charge in [0.05, 0.1) is 12.2 Å². The quantitative estimate of drug-likeness (QED) is 0.572. The van der Waals surface area contributed by atoms with Gasteiger partial charge < -0.3 is 15.4 Å². The van der Waals surface area contributed by atoms with E-state index in [4.69, 9.17) is 17.0 Å². The summed E-state index contributed by atoms with van der Waals surface area (Å²) in [6.45, 7) is 4.07. The summed E-state index contributed by atoms with van der Waals surface area (Å²) in [6, 6.07) is 12.3. The Balaban J connectivity index is 2.06. The molecule has 0 bridgehead atoms. The highest BCUT2D eigenvalue weighted by Gasteiger charge is 2.15. The van der Waals surface area contributed by atoms with Gasteiger partial charge in [-0.05, 0) is 55.5 Å². The minimum Gasteiger partial charge on any atom is -0.493 e. The maximum Gasteiger partial charge on any atom is 0.261 e. The molecule has 0 aromatic heterocycles. The second-order valence-corrected chi connectivity index (χ2v) is 6.79. The van der Waals surface area contributed by atoms with Crippen molar-refractivity contribution in [2.24, 2.45) is 0 Å². The van der Waals surface area contributed by atoms with E-state index in [1.807, 2.05) is 6.92 Å². The van der Waals surface area contributed by atoms with Gasteiger partial charge in [0.2, 0.25) is 5.91 Å². The Morgan fingerprint density at radius 1 is 1.07 bits per heavy atom. The van der Waals surface area contributed by atoms with Gasteiger partial charge in [0.25, 0.3) is 5.91 Å². The highest BCUT2D eigenvalue weighted by atomic mass is 79.9. The van der Waals surface area contributed by atoms with Crippen molar-refractivity contribution in [3.63, 3.8) is 0 Å². The lowest BCUT2D eigenvalue weighted by molar-refractivity contribution is -0.115. The number of carbonyl (C=O) groups is 2. The van der Waals surface area contributed by atoms with E-state index in [1.165, 1.54) is 0 Å². The summed E-state index contributed by atoms with van der Waals surface area (Å²) in [4.78, 5) is 24.0. The first kappa shape index (κ1) is 20.9. The summed E-state index contributed by atoms with van der Waals surface area (Å²) in [7, 11) is 0. The minimum absolute atomic E-state index is 0.0823. The molecule has 6 nitrogen and oxygen atoms in total. The molecule has 2 aromatic rings. The molecule has 0 aliphatic carbocycles. The number of benzene rings is 2. The molecule has 0 aliphatic rings. The first-order chi connectivity index (χ1) is 12.9. The highest BCUT2D eigenvalue weighted by molar-refractivity contribution is 9.10. The van der Waals surface area contributed by atoms with Gasteiger partial charge in [-0.2, -0.15) is 0 Å². The molecule has 8 heteroatoms. The lowest BCUT2D eigenvalue weighted by atomic mass is 10.2. The first-order valence-corrected chi connectivity index (χ1v) is 9.57. The zero-order valence-electron chi connectivity index (χ0n) is 15.0. The molecular formula is C19H20BrN3O3S. The van der Waals surface area contributed by atoms with E-state index in [2.05, 4.69) is 31.9 Å². The fourth-order valence-electron chi connectivity index (χ4n) is 2.22. The number of nitrogens with one attached hydrogen (secondary N) is 3. The fourth-order valence-corrected chi connectivity index (χ4v) is 2.79. The third-order valence-electron chi connectivity index (χ3n) is 3.44. The number of hydrogen-bond donors (Lipinski definition) is 3. The molecule has 0 heterocycles. The zero-order valence-corrected chi connectivity index (χ0v) is 17.4. The van der Waals surface area contributed by atoms with Crippen LogP contribution in [0, 0.1) is 0 Å². The van der Waals surface area contributed by atoms with Crippen LogP contribution < -0.4 is 20.7 Å². The number of carbonyl (C=O) groups excluding carboxylic acids is 2. The van der Waals surface area contributed by atoms with Crippen molar-refractivity contribution in [3.8, 4) is 5.75 Å². The summed E-state index contributed by atoms with van der Waals surface area (Å²) in [5.41, 5.74) is 1.67. The molecule has 0 spiro atoms. The number of rotatable bonds is 6. The van der Waals surface area contributed by atoms with Crippen LogP contribution in [0.2, 0.25) is 0 Å². The third-order valence-corrected chi connectivity index (χ3v) is 4.14. The van der Waals surface area contributed by atoms with Crippen molar-refractivity contribution in [2.75, 3.05) is 17.2 Å². The Bertz CT molecular complexity index is 858. The van der Waals surface area contributed by atoms with Gasteiger partial charge in [0, 0.05) is 22.3 Å². The van der Waals surface area contributed by atoms with E-state index in [1.54, 1.807) is 49.4 Å². The van der Waals surface area contributed by atoms with Crippen LogP contribution in [0.5, 0.6) is 5.75 Å². The largest absolute Gasteiger partial charge is 0.493 e. The average molecular weight is 450 g/mol. The van der Waals surface area contributed by atoms with Gasteiger partial charge in [0.15, 0.2) is 5.11 Å². The molecule has 2 amide bonds. The molecule has 142 valence electrons. The van der Waals surface area contributed by atoms with Crippen LogP contribution in [-0.4, -0.2) is 23.5 Å². The van der Waals surface area contributed by atoms with Gasteiger partial charge in [0.1, 0.15) is 5.75 Å². The topological polar surface area (TPSA) is 79.5 Å². The van der Waals surface area contributed by atoms with Crippen LogP contribution in [0.25, 0.3) is 0 Å². The summed E-state index contributed by atoms with van der Waals surface area (Å²) in [6.07, 6.45) is 0.390. The van der Waals surface area contributed by atoms with Crippen LogP contribution >= 0.6 is 28.1 Å². The Morgan fingerprint density at radius 3 is 2.44 bits per heavy atom. The van der Waals surface area contributed by atoms with Gasteiger partial charge in [-0.15, -0.1) is 0 Å². The predicted molar refractivity (Wildman–Crippen MR) is 114 cm³/mol. The molecule has 27 heavy (non-hydrogen) atoms. The van der Waals surface area contributed by atoms with Crippen LogP contribution in [0.3, 0.4) is 0 Å². The second-order valence-electron chi connectivity index (χ2n) is 5.46. The predicted octanol–water partition coefficient (Wildman–Crippen LogP) is 4.32. The van der Waals surface area contributed by atoms with E-state index in [-0.39, 0.29) is 16.9 Å². The molecule has 0 aliphatic heterocycles. The Kier molecular flexibility index (Phi) is 7.75. The average Bonchev–Trinajstić information content (AvgIpc) is 2.63. The maximum atomic E-state index is 12.5. The third kappa shape index (κ3) is 6.33. The molecule has 2 aromatic carbocycles. The molecule has 0 unspecified atom stereocenters. The lowest BCUT2D eigenvalue weighted by Crippen LogP contribution is -2.34. The number of halogens is 1. The van der Waals surface area contributed by atoms with Crippen molar-refractivity contribution >= 4 is 56.4 Å². The van der Waals surface area contributed by atoms with Crippen molar-refractivity contribution in [3.05, 3.63) is 52.5 Å². The Hall–Kier alpha value is -2.45. The van der Waals surface area contributed by atoms with Gasteiger partial charge in [-0.3, -0.25) is 14.9 Å². The smallest absolute Gasteiger partial charge is 0.261 e. The fraction of sp³-hybridized carbons (Fsp3) is 0.211. The summed E-state index contributed by atoms with van der Waals surface area (Å²) < 4.78 is 6.25. The normalized spacial score (nSPS) is 10.0. The highest BCUT2D eigenvalue weighted by Crippen LogP contribution is 2.23. The summed E-state index contributed by atoms with van der Waals surface area (Å²) >= 11 is 8.57.